The Hall–Kier alpha value is -5.91. The van der Waals surface area contributed by atoms with Crippen LogP contribution in [0.15, 0.2) is 85.2 Å². The number of ether oxygens (including phenoxy) is 4. The molecule has 236 valence electrons. The van der Waals surface area contributed by atoms with Gasteiger partial charge in [-0.1, -0.05) is 18.2 Å². The Morgan fingerprint density at radius 1 is 0.870 bits per heavy atom. The first-order valence-electron chi connectivity index (χ1n) is 14.2. The lowest BCUT2D eigenvalue weighted by molar-refractivity contribution is -0.139. The van der Waals surface area contributed by atoms with Crippen molar-refractivity contribution in [2.75, 3.05) is 45.2 Å². The van der Waals surface area contributed by atoms with Crippen molar-refractivity contribution in [1.82, 2.24) is 9.88 Å². The van der Waals surface area contributed by atoms with Gasteiger partial charge < -0.3 is 29.2 Å². The number of pyridine rings is 1. The van der Waals surface area contributed by atoms with Crippen LogP contribution in [0.4, 0.5) is 11.4 Å². The first-order chi connectivity index (χ1) is 22.3. The highest BCUT2D eigenvalue weighted by molar-refractivity contribution is 6.52. The molecule has 1 N–H and O–H groups in total. The number of ketones is 1. The van der Waals surface area contributed by atoms with Gasteiger partial charge in [-0.15, -0.1) is 0 Å². The number of Topliss-reactive ketones (excluding diaryl/α,β-unsaturated/α-hetero) is 1. The molecule has 1 atom stereocenters. The number of benzene rings is 3. The molecule has 12 nitrogen and oxygen atoms in total. The molecule has 1 aliphatic heterocycles. The quantitative estimate of drug-likeness (QED) is 0.232. The van der Waals surface area contributed by atoms with Crippen LogP contribution in [-0.4, -0.2) is 68.4 Å². The number of rotatable bonds is 12. The van der Waals surface area contributed by atoms with Crippen LogP contribution in [0.3, 0.4) is 0 Å². The fourth-order valence-corrected chi connectivity index (χ4v) is 5.26. The molecule has 3 amide bonds. The number of fused-ring (bicyclic) bond motifs is 1. The molecule has 0 spiro atoms. The number of carbonyl (C=O) groups excluding carboxylic acids is 4. The number of nitrogens with one attached hydrogen (secondary N) is 1. The molecule has 0 unspecified atom stereocenters. The molecule has 0 saturated carbocycles. The van der Waals surface area contributed by atoms with Crippen LogP contribution < -0.4 is 29.2 Å². The lowest BCUT2D eigenvalue weighted by atomic mass is 10.0. The Kier molecular flexibility index (Phi) is 9.46. The molecule has 4 aromatic rings. The molecule has 5 rings (SSSR count). The van der Waals surface area contributed by atoms with E-state index in [9.17, 15) is 19.2 Å². The summed E-state index contributed by atoms with van der Waals surface area (Å²) >= 11 is 0. The lowest BCUT2D eigenvalue weighted by Crippen LogP contribution is -2.46. The van der Waals surface area contributed by atoms with E-state index >= 15 is 0 Å². The number of anilines is 2. The van der Waals surface area contributed by atoms with E-state index in [0.717, 1.165) is 4.90 Å². The first-order valence-corrected chi connectivity index (χ1v) is 14.2. The monoisotopic (exact) mass is 624 g/mol. The first kappa shape index (κ1) is 31.5. The fourth-order valence-electron chi connectivity index (χ4n) is 5.26. The van der Waals surface area contributed by atoms with Gasteiger partial charge in [0.05, 0.1) is 39.7 Å². The summed E-state index contributed by atoms with van der Waals surface area (Å²) in [6.07, 6.45) is 3.17. The Balaban J connectivity index is 1.62. The van der Waals surface area contributed by atoms with Crippen LogP contribution in [0.5, 0.6) is 23.0 Å². The van der Waals surface area contributed by atoms with E-state index in [0.29, 0.717) is 34.0 Å². The number of carbonyl (C=O) groups is 4. The van der Waals surface area contributed by atoms with Crippen molar-refractivity contribution in [2.24, 2.45) is 0 Å². The van der Waals surface area contributed by atoms with E-state index in [-0.39, 0.29) is 23.6 Å². The lowest BCUT2D eigenvalue weighted by Gasteiger charge is -2.33. The Labute approximate surface area is 265 Å². The van der Waals surface area contributed by atoms with Crippen molar-refractivity contribution >= 4 is 34.9 Å². The van der Waals surface area contributed by atoms with Crippen molar-refractivity contribution in [3.63, 3.8) is 0 Å². The third-order valence-corrected chi connectivity index (χ3v) is 7.49. The number of methoxy groups -OCH3 is 4. The number of aromatic nitrogens is 1. The smallest absolute Gasteiger partial charge is 0.299 e. The van der Waals surface area contributed by atoms with Gasteiger partial charge in [0.25, 0.3) is 17.6 Å². The molecular weight excluding hydrogens is 592 g/mol. The molecule has 3 aromatic carbocycles. The van der Waals surface area contributed by atoms with Gasteiger partial charge in [0.15, 0.2) is 11.5 Å². The SMILES string of the molecule is COc1ccc(NC(=O)[C@H](c2cc(OC)c(OC)c(OC)c2)N(Cc2cccnc2)C(=O)CN2C(=O)C(=O)c3ccccc32)cc1. The van der Waals surface area contributed by atoms with Gasteiger partial charge in [0.1, 0.15) is 18.3 Å². The maximum absolute atomic E-state index is 14.4. The summed E-state index contributed by atoms with van der Waals surface area (Å²) in [5.41, 5.74) is 1.93. The molecule has 1 aliphatic rings. The predicted octanol–water partition coefficient (Wildman–Crippen LogP) is 4.05. The van der Waals surface area contributed by atoms with Crippen molar-refractivity contribution in [3.8, 4) is 23.0 Å². The third kappa shape index (κ3) is 6.32. The van der Waals surface area contributed by atoms with Crippen molar-refractivity contribution in [3.05, 3.63) is 102 Å². The average Bonchev–Trinajstić information content (AvgIpc) is 3.32. The molecule has 0 saturated heterocycles. The van der Waals surface area contributed by atoms with Crippen molar-refractivity contribution < 1.29 is 38.1 Å². The zero-order valence-corrected chi connectivity index (χ0v) is 25.7. The van der Waals surface area contributed by atoms with Gasteiger partial charge in [-0.05, 0) is 65.7 Å². The normalized spacial score (nSPS) is 12.7. The van der Waals surface area contributed by atoms with Gasteiger partial charge in [-0.3, -0.25) is 29.1 Å². The van der Waals surface area contributed by atoms with E-state index < -0.39 is 36.1 Å². The maximum atomic E-state index is 14.4. The van der Waals surface area contributed by atoms with Gasteiger partial charge in [0, 0.05) is 24.6 Å². The highest BCUT2D eigenvalue weighted by atomic mass is 16.5. The molecular formula is C34H32N4O8. The summed E-state index contributed by atoms with van der Waals surface area (Å²) in [7, 11) is 5.88. The number of para-hydroxylation sites is 1. The Bertz CT molecular complexity index is 1740. The molecule has 0 bridgehead atoms. The van der Waals surface area contributed by atoms with Gasteiger partial charge in [-0.2, -0.15) is 0 Å². The van der Waals surface area contributed by atoms with Crippen molar-refractivity contribution in [1.29, 1.82) is 0 Å². The second-order valence-corrected chi connectivity index (χ2v) is 10.2. The van der Waals surface area contributed by atoms with E-state index in [1.807, 2.05) is 0 Å². The molecule has 2 heterocycles. The topological polar surface area (TPSA) is 137 Å². The summed E-state index contributed by atoms with van der Waals surface area (Å²) in [6, 6.07) is 18.5. The number of hydrogen-bond donors (Lipinski definition) is 1. The van der Waals surface area contributed by atoms with E-state index in [1.165, 1.54) is 39.4 Å². The minimum Gasteiger partial charge on any atom is -0.497 e. The van der Waals surface area contributed by atoms with Crippen LogP contribution in [0, 0.1) is 0 Å². The zero-order valence-electron chi connectivity index (χ0n) is 25.7. The molecule has 12 heteroatoms. The molecule has 0 radical (unpaired) electrons. The second-order valence-electron chi connectivity index (χ2n) is 10.2. The van der Waals surface area contributed by atoms with E-state index in [4.69, 9.17) is 18.9 Å². The van der Waals surface area contributed by atoms with E-state index in [2.05, 4.69) is 10.3 Å². The highest BCUT2D eigenvalue weighted by Crippen LogP contribution is 2.41. The molecule has 0 aliphatic carbocycles. The van der Waals surface area contributed by atoms with E-state index in [1.54, 1.807) is 79.1 Å². The summed E-state index contributed by atoms with van der Waals surface area (Å²) in [6.45, 7) is -0.569. The number of hydrogen-bond acceptors (Lipinski definition) is 9. The van der Waals surface area contributed by atoms with Gasteiger partial charge in [-0.25, -0.2) is 0 Å². The van der Waals surface area contributed by atoms with Crippen LogP contribution in [0.25, 0.3) is 0 Å². The van der Waals surface area contributed by atoms with Crippen LogP contribution >= 0.6 is 0 Å². The minimum absolute atomic E-state index is 0.0678. The second kappa shape index (κ2) is 13.8. The summed E-state index contributed by atoms with van der Waals surface area (Å²) in [5, 5.41) is 2.89. The molecule has 1 aromatic heterocycles. The average molecular weight is 625 g/mol. The zero-order chi connectivity index (χ0) is 32.8. The molecule has 0 fully saturated rings. The van der Waals surface area contributed by atoms with Gasteiger partial charge in [0.2, 0.25) is 11.7 Å². The molecule has 46 heavy (non-hydrogen) atoms. The largest absolute Gasteiger partial charge is 0.497 e. The number of amides is 3. The third-order valence-electron chi connectivity index (χ3n) is 7.49. The fraction of sp³-hybridized carbons (Fsp3) is 0.206. The summed E-state index contributed by atoms with van der Waals surface area (Å²) in [5.74, 6) is -1.29. The standard InChI is InChI=1S/C34H32N4O8/c1-43-24-13-11-23(12-14-24)36-33(41)30(22-16-27(44-2)32(46-4)28(17-22)45-3)38(19-21-8-7-15-35-18-21)29(39)20-37-26-10-6-5-9-25(26)31(40)34(37)42/h5-18,30H,19-20H2,1-4H3,(H,36,41)/t30-/m0/s1. The number of nitrogens with zero attached hydrogens (tertiary/aromatic N) is 3. The predicted molar refractivity (Wildman–Crippen MR) is 168 cm³/mol. The maximum Gasteiger partial charge on any atom is 0.299 e. The van der Waals surface area contributed by atoms with Gasteiger partial charge >= 0.3 is 0 Å². The highest BCUT2D eigenvalue weighted by Gasteiger charge is 2.40. The van der Waals surface area contributed by atoms with Crippen molar-refractivity contribution in [2.45, 2.75) is 12.6 Å². The Morgan fingerprint density at radius 3 is 2.17 bits per heavy atom. The van der Waals surface area contributed by atoms with Crippen LogP contribution in [0.1, 0.15) is 27.5 Å². The van der Waals surface area contributed by atoms with Crippen LogP contribution in [0.2, 0.25) is 0 Å². The summed E-state index contributed by atoms with van der Waals surface area (Å²) in [4.78, 5) is 61.1. The summed E-state index contributed by atoms with van der Waals surface area (Å²) < 4.78 is 21.9. The Morgan fingerprint density at radius 2 is 1.57 bits per heavy atom. The van der Waals surface area contributed by atoms with Crippen LogP contribution in [-0.2, 0) is 20.9 Å². The minimum atomic E-state index is -1.29.